The summed E-state index contributed by atoms with van der Waals surface area (Å²) < 4.78 is 5.28. The molecule has 0 fully saturated rings. The Balaban J connectivity index is 1.63. The second-order valence-corrected chi connectivity index (χ2v) is 7.27. The number of rotatable bonds is 5. The number of aryl methyl sites for hydroxylation is 1. The van der Waals surface area contributed by atoms with Crippen molar-refractivity contribution in [2.24, 2.45) is 0 Å². The van der Waals surface area contributed by atoms with Crippen LogP contribution in [-0.2, 0) is 0 Å². The van der Waals surface area contributed by atoms with Crippen LogP contribution >= 0.6 is 11.3 Å². The molecule has 0 aliphatic heterocycles. The van der Waals surface area contributed by atoms with Crippen molar-refractivity contribution in [3.05, 3.63) is 76.9 Å². The maximum absolute atomic E-state index is 9.65. The maximum Gasteiger partial charge on any atom is 0.136 e. The quantitative estimate of drug-likeness (QED) is 0.440. The second kappa shape index (κ2) is 8.13. The monoisotopic (exact) mass is 398 g/mol. The van der Waals surface area contributed by atoms with Crippen LogP contribution in [-0.4, -0.2) is 17.1 Å². The predicted octanol–water partition coefficient (Wildman–Crippen LogP) is 5.65. The van der Waals surface area contributed by atoms with E-state index in [1.807, 2.05) is 66.9 Å². The number of ether oxygens (including phenoxy) is 1. The molecule has 2 heterocycles. The number of methoxy groups -OCH3 is 1. The van der Waals surface area contributed by atoms with E-state index < -0.39 is 0 Å². The minimum atomic E-state index is 0.466. The Hall–Kier alpha value is -3.69. The molecular formula is C23H18N4OS. The molecule has 4 rings (SSSR count). The molecule has 0 amide bonds. The number of nitriles is 1. The van der Waals surface area contributed by atoms with Gasteiger partial charge in [-0.1, -0.05) is 30.3 Å². The van der Waals surface area contributed by atoms with Crippen molar-refractivity contribution in [2.45, 2.75) is 6.92 Å². The Kier molecular flexibility index (Phi) is 5.23. The van der Waals surface area contributed by atoms with Crippen molar-refractivity contribution in [3.63, 3.8) is 0 Å². The number of hydrogen-bond acceptors (Lipinski definition) is 6. The minimum absolute atomic E-state index is 0.466. The topological polar surface area (TPSA) is 70.8 Å². The van der Waals surface area contributed by atoms with Gasteiger partial charge in [0.05, 0.1) is 24.0 Å². The number of anilines is 1. The molecule has 0 aliphatic carbocycles. The number of hydrogen-bond donors (Lipinski definition) is 1. The molecule has 0 saturated heterocycles. The lowest BCUT2D eigenvalue weighted by atomic mass is 10.1. The van der Waals surface area contributed by atoms with Crippen molar-refractivity contribution in [2.75, 3.05) is 12.4 Å². The molecule has 2 aromatic heterocycles. The van der Waals surface area contributed by atoms with Crippen molar-refractivity contribution < 1.29 is 4.74 Å². The fourth-order valence-corrected chi connectivity index (χ4v) is 3.76. The van der Waals surface area contributed by atoms with Crippen molar-refractivity contribution in [1.29, 1.82) is 5.26 Å². The van der Waals surface area contributed by atoms with Crippen LogP contribution in [0, 0.1) is 18.3 Å². The first-order valence-electron chi connectivity index (χ1n) is 9.01. The third-order valence-electron chi connectivity index (χ3n) is 4.45. The molecule has 0 atom stereocenters. The number of para-hydroxylation sites is 1. The summed E-state index contributed by atoms with van der Waals surface area (Å²) in [5.41, 5.74) is 4.90. The summed E-state index contributed by atoms with van der Waals surface area (Å²) in [5.74, 6) is 0.772. The molecule has 29 heavy (non-hydrogen) atoms. The van der Waals surface area contributed by atoms with E-state index in [2.05, 4.69) is 21.4 Å². The lowest BCUT2D eigenvalue weighted by molar-refractivity contribution is 0.415. The summed E-state index contributed by atoms with van der Waals surface area (Å²) in [6.07, 6.45) is 1.69. The van der Waals surface area contributed by atoms with Crippen molar-refractivity contribution in [1.82, 2.24) is 9.97 Å². The highest BCUT2D eigenvalue weighted by Gasteiger charge is 2.10. The summed E-state index contributed by atoms with van der Waals surface area (Å²) in [5, 5.41) is 16.5. The van der Waals surface area contributed by atoms with E-state index in [1.165, 1.54) is 11.3 Å². The van der Waals surface area contributed by atoms with E-state index in [9.17, 15) is 5.26 Å². The van der Waals surface area contributed by atoms with Crippen LogP contribution in [0.2, 0.25) is 0 Å². The average molecular weight is 398 g/mol. The van der Waals surface area contributed by atoms with E-state index in [-0.39, 0.29) is 0 Å². The van der Waals surface area contributed by atoms with Gasteiger partial charge in [-0.3, -0.25) is 4.98 Å². The third-order valence-corrected chi connectivity index (χ3v) is 5.33. The van der Waals surface area contributed by atoms with E-state index in [0.29, 0.717) is 10.6 Å². The highest BCUT2D eigenvalue weighted by atomic mass is 32.1. The SMILES string of the molecule is COc1cccc(-c2csc(C(C#N)=CNc3cccc4ccc(C)nc34)n2)c1. The fraction of sp³-hybridized carbons (Fsp3) is 0.0870. The highest BCUT2D eigenvalue weighted by Crippen LogP contribution is 2.29. The summed E-state index contributed by atoms with van der Waals surface area (Å²) in [4.78, 5) is 9.25. The number of nitrogens with zero attached hydrogens (tertiary/aromatic N) is 3. The lowest BCUT2D eigenvalue weighted by Crippen LogP contribution is -1.94. The van der Waals surface area contributed by atoms with Gasteiger partial charge in [-0.2, -0.15) is 5.26 Å². The van der Waals surface area contributed by atoms with Crippen LogP contribution in [0.4, 0.5) is 5.69 Å². The number of aromatic nitrogens is 2. The van der Waals surface area contributed by atoms with E-state index in [0.717, 1.165) is 39.3 Å². The molecule has 0 unspecified atom stereocenters. The number of pyridine rings is 1. The van der Waals surface area contributed by atoms with E-state index in [4.69, 9.17) is 4.74 Å². The zero-order valence-electron chi connectivity index (χ0n) is 16.0. The molecule has 0 saturated carbocycles. The average Bonchev–Trinajstić information content (AvgIpc) is 3.24. The maximum atomic E-state index is 9.65. The molecular weight excluding hydrogens is 380 g/mol. The molecule has 0 aliphatic rings. The van der Waals surface area contributed by atoms with Gasteiger partial charge in [-0.05, 0) is 31.2 Å². The molecule has 0 spiro atoms. The molecule has 2 aromatic carbocycles. The van der Waals surface area contributed by atoms with Gasteiger partial charge in [0, 0.05) is 28.2 Å². The zero-order valence-corrected chi connectivity index (χ0v) is 16.8. The summed E-state index contributed by atoms with van der Waals surface area (Å²) >= 11 is 1.43. The molecule has 0 radical (unpaired) electrons. The summed E-state index contributed by atoms with van der Waals surface area (Å²) in [6, 6.07) is 19.9. The number of allylic oxidation sites excluding steroid dienone is 1. The Bertz CT molecular complexity index is 1250. The second-order valence-electron chi connectivity index (χ2n) is 6.41. The smallest absolute Gasteiger partial charge is 0.136 e. The van der Waals surface area contributed by atoms with Gasteiger partial charge in [-0.15, -0.1) is 11.3 Å². The molecule has 142 valence electrons. The van der Waals surface area contributed by atoms with Gasteiger partial charge in [0.25, 0.3) is 0 Å². The largest absolute Gasteiger partial charge is 0.497 e. The molecule has 4 aromatic rings. The fourth-order valence-electron chi connectivity index (χ4n) is 2.97. The Morgan fingerprint density at radius 1 is 1.14 bits per heavy atom. The van der Waals surface area contributed by atoms with Crippen LogP contribution in [0.5, 0.6) is 5.75 Å². The van der Waals surface area contributed by atoms with Crippen LogP contribution in [0.25, 0.3) is 27.7 Å². The number of benzene rings is 2. The van der Waals surface area contributed by atoms with Gasteiger partial charge in [0.15, 0.2) is 0 Å². The zero-order chi connectivity index (χ0) is 20.2. The van der Waals surface area contributed by atoms with Crippen LogP contribution < -0.4 is 10.1 Å². The Labute approximate surface area is 172 Å². The first-order valence-corrected chi connectivity index (χ1v) is 9.89. The normalized spacial score (nSPS) is 11.3. The van der Waals surface area contributed by atoms with Gasteiger partial charge < -0.3 is 10.1 Å². The molecule has 0 bridgehead atoms. The first kappa shape index (κ1) is 18.7. The number of fused-ring (bicyclic) bond motifs is 1. The van der Waals surface area contributed by atoms with Gasteiger partial charge >= 0.3 is 0 Å². The van der Waals surface area contributed by atoms with Crippen LogP contribution in [0.15, 0.2) is 66.2 Å². The van der Waals surface area contributed by atoms with Crippen molar-refractivity contribution in [3.8, 4) is 23.1 Å². The standard InChI is InChI=1S/C23H18N4OS/c1-15-9-10-16-5-4-8-20(22(16)26-15)25-13-18(12-24)23-27-21(14-29-23)17-6-3-7-19(11-17)28-2/h3-11,13-14,25H,1-2H3. The Morgan fingerprint density at radius 2 is 2.00 bits per heavy atom. The van der Waals surface area contributed by atoms with Crippen LogP contribution in [0.3, 0.4) is 0 Å². The van der Waals surface area contributed by atoms with E-state index >= 15 is 0 Å². The van der Waals surface area contributed by atoms with Crippen molar-refractivity contribution >= 4 is 33.5 Å². The van der Waals surface area contributed by atoms with Gasteiger partial charge in [-0.25, -0.2) is 4.98 Å². The summed E-state index contributed by atoms with van der Waals surface area (Å²) in [6.45, 7) is 1.96. The minimum Gasteiger partial charge on any atom is -0.497 e. The first-order chi connectivity index (χ1) is 14.2. The summed E-state index contributed by atoms with van der Waals surface area (Å²) in [7, 11) is 1.64. The lowest BCUT2D eigenvalue weighted by Gasteiger charge is -2.06. The molecule has 1 N–H and O–H groups in total. The third kappa shape index (κ3) is 3.96. The van der Waals surface area contributed by atoms with Gasteiger partial charge in [0.2, 0.25) is 0 Å². The number of thiazole rings is 1. The number of nitrogens with one attached hydrogen (secondary N) is 1. The highest BCUT2D eigenvalue weighted by molar-refractivity contribution is 7.11. The molecule has 6 heteroatoms. The molecule has 5 nitrogen and oxygen atoms in total. The van der Waals surface area contributed by atoms with E-state index in [1.54, 1.807) is 13.3 Å². The Morgan fingerprint density at radius 3 is 2.83 bits per heavy atom. The van der Waals surface area contributed by atoms with Crippen LogP contribution in [0.1, 0.15) is 10.7 Å². The van der Waals surface area contributed by atoms with Gasteiger partial charge in [0.1, 0.15) is 22.4 Å². The predicted molar refractivity (Wildman–Crippen MR) is 118 cm³/mol.